The minimum Gasteiger partial charge on any atom is -0.310 e. The van der Waals surface area contributed by atoms with E-state index in [0.717, 1.165) is 19.5 Å². The van der Waals surface area contributed by atoms with Crippen molar-refractivity contribution in [1.29, 1.82) is 0 Å². The maximum Gasteiger partial charge on any atom is 0.0540 e. The van der Waals surface area contributed by atoms with Crippen molar-refractivity contribution in [2.75, 3.05) is 6.54 Å². The molecule has 16 heavy (non-hydrogen) atoms. The number of hydrogen-bond acceptors (Lipinski definition) is 2. The van der Waals surface area contributed by atoms with Crippen molar-refractivity contribution >= 4 is 0 Å². The molecule has 3 heteroatoms. The van der Waals surface area contributed by atoms with E-state index in [1.54, 1.807) is 0 Å². The van der Waals surface area contributed by atoms with Crippen LogP contribution >= 0.6 is 0 Å². The molecule has 1 aliphatic carbocycles. The van der Waals surface area contributed by atoms with Crippen LogP contribution in [-0.4, -0.2) is 16.3 Å². The molecule has 2 rings (SSSR count). The number of aryl methyl sites for hydroxylation is 1. The Morgan fingerprint density at radius 3 is 2.88 bits per heavy atom. The lowest BCUT2D eigenvalue weighted by Crippen LogP contribution is -2.33. The SMILES string of the molecule is CCNC1CC(C)(C)Cc2c1cnn2CC. The zero-order chi connectivity index (χ0) is 11.8. The van der Waals surface area contributed by atoms with Crippen LogP contribution in [-0.2, 0) is 13.0 Å². The van der Waals surface area contributed by atoms with Gasteiger partial charge in [-0.15, -0.1) is 0 Å². The second kappa shape index (κ2) is 4.21. The summed E-state index contributed by atoms with van der Waals surface area (Å²) in [5.41, 5.74) is 3.24. The average Bonchev–Trinajstić information content (AvgIpc) is 2.59. The molecule has 1 aliphatic rings. The van der Waals surface area contributed by atoms with E-state index in [0.29, 0.717) is 11.5 Å². The molecule has 3 nitrogen and oxygen atoms in total. The van der Waals surface area contributed by atoms with Crippen LogP contribution in [0.3, 0.4) is 0 Å². The predicted molar refractivity (Wildman–Crippen MR) is 66.4 cm³/mol. The lowest BCUT2D eigenvalue weighted by atomic mass is 9.74. The van der Waals surface area contributed by atoms with Crippen molar-refractivity contribution < 1.29 is 0 Å². The van der Waals surface area contributed by atoms with Gasteiger partial charge in [0.2, 0.25) is 0 Å². The van der Waals surface area contributed by atoms with Crippen LogP contribution in [0.4, 0.5) is 0 Å². The molecule has 0 aromatic carbocycles. The number of fused-ring (bicyclic) bond motifs is 1. The zero-order valence-corrected chi connectivity index (χ0v) is 10.9. The van der Waals surface area contributed by atoms with Gasteiger partial charge in [-0.1, -0.05) is 20.8 Å². The largest absolute Gasteiger partial charge is 0.310 e. The molecule has 0 saturated heterocycles. The minimum absolute atomic E-state index is 0.382. The molecule has 1 atom stereocenters. The Hall–Kier alpha value is -0.830. The van der Waals surface area contributed by atoms with E-state index >= 15 is 0 Å². The smallest absolute Gasteiger partial charge is 0.0540 e. The lowest BCUT2D eigenvalue weighted by Gasteiger charge is -2.35. The number of rotatable bonds is 3. The molecule has 0 spiro atoms. The maximum atomic E-state index is 4.49. The van der Waals surface area contributed by atoms with E-state index in [2.05, 4.69) is 49.0 Å². The molecule has 0 aliphatic heterocycles. The molecule has 0 radical (unpaired) electrons. The van der Waals surface area contributed by atoms with Crippen molar-refractivity contribution in [3.63, 3.8) is 0 Å². The van der Waals surface area contributed by atoms with Gasteiger partial charge < -0.3 is 5.32 Å². The Bertz CT molecular complexity index is 365. The Morgan fingerprint density at radius 1 is 1.50 bits per heavy atom. The molecule has 0 saturated carbocycles. The molecule has 0 fully saturated rings. The Kier molecular flexibility index (Phi) is 3.06. The Balaban J connectivity index is 2.36. The lowest BCUT2D eigenvalue weighted by molar-refractivity contribution is 0.253. The second-order valence-electron chi connectivity index (χ2n) is 5.52. The van der Waals surface area contributed by atoms with Gasteiger partial charge in [0.15, 0.2) is 0 Å². The third kappa shape index (κ3) is 2.01. The summed E-state index contributed by atoms with van der Waals surface area (Å²) in [6.07, 6.45) is 4.42. The minimum atomic E-state index is 0.382. The summed E-state index contributed by atoms with van der Waals surface area (Å²) >= 11 is 0. The first-order chi connectivity index (χ1) is 7.57. The number of aromatic nitrogens is 2. The first-order valence-corrected chi connectivity index (χ1v) is 6.35. The normalized spacial score (nSPS) is 23.1. The zero-order valence-electron chi connectivity index (χ0n) is 10.9. The highest BCUT2D eigenvalue weighted by atomic mass is 15.3. The van der Waals surface area contributed by atoms with Crippen LogP contribution in [0, 0.1) is 5.41 Å². The van der Waals surface area contributed by atoms with E-state index in [9.17, 15) is 0 Å². The maximum absolute atomic E-state index is 4.49. The third-order valence-electron chi connectivity index (χ3n) is 3.51. The number of hydrogen-bond donors (Lipinski definition) is 1. The van der Waals surface area contributed by atoms with E-state index in [1.807, 2.05) is 0 Å². The second-order valence-corrected chi connectivity index (χ2v) is 5.52. The van der Waals surface area contributed by atoms with Crippen LogP contribution in [0.25, 0.3) is 0 Å². The first kappa shape index (κ1) is 11.6. The van der Waals surface area contributed by atoms with Gasteiger partial charge in [-0.05, 0) is 31.7 Å². The molecule has 90 valence electrons. The molecule has 1 N–H and O–H groups in total. The van der Waals surface area contributed by atoms with Crippen molar-refractivity contribution in [2.45, 2.75) is 53.1 Å². The molecule has 1 heterocycles. The van der Waals surface area contributed by atoms with Crippen molar-refractivity contribution in [2.24, 2.45) is 5.41 Å². The van der Waals surface area contributed by atoms with Crippen LogP contribution in [0.1, 0.15) is 51.4 Å². The monoisotopic (exact) mass is 221 g/mol. The topological polar surface area (TPSA) is 29.9 Å². The average molecular weight is 221 g/mol. The highest BCUT2D eigenvalue weighted by Gasteiger charge is 2.34. The number of nitrogens with one attached hydrogen (secondary N) is 1. The molecule has 1 unspecified atom stereocenters. The van der Waals surface area contributed by atoms with Gasteiger partial charge in [0.1, 0.15) is 0 Å². The van der Waals surface area contributed by atoms with E-state index in [1.165, 1.54) is 17.7 Å². The summed E-state index contributed by atoms with van der Waals surface area (Å²) < 4.78 is 2.15. The van der Waals surface area contributed by atoms with Crippen molar-refractivity contribution in [1.82, 2.24) is 15.1 Å². The molecule has 1 aromatic heterocycles. The van der Waals surface area contributed by atoms with E-state index < -0.39 is 0 Å². The van der Waals surface area contributed by atoms with E-state index in [-0.39, 0.29) is 0 Å². The fraction of sp³-hybridized carbons (Fsp3) is 0.769. The van der Waals surface area contributed by atoms with Crippen LogP contribution < -0.4 is 5.32 Å². The van der Waals surface area contributed by atoms with Gasteiger partial charge in [0, 0.05) is 23.8 Å². The van der Waals surface area contributed by atoms with Gasteiger partial charge in [-0.2, -0.15) is 5.10 Å². The highest BCUT2D eigenvalue weighted by molar-refractivity contribution is 5.27. The van der Waals surface area contributed by atoms with Gasteiger partial charge in [0.05, 0.1) is 6.20 Å². The van der Waals surface area contributed by atoms with E-state index in [4.69, 9.17) is 0 Å². The molecular formula is C13H23N3. The summed E-state index contributed by atoms with van der Waals surface area (Å²) in [6.45, 7) is 11.0. The predicted octanol–water partition coefficient (Wildman–Crippen LogP) is 2.53. The van der Waals surface area contributed by atoms with Crippen molar-refractivity contribution in [3.05, 3.63) is 17.5 Å². The summed E-state index contributed by atoms with van der Waals surface area (Å²) in [5.74, 6) is 0. The molecule has 1 aromatic rings. The standard InChI is InChI=1S/C13H23N3/c1-5-14-11-7-13(3,4)8-12-10(11)9-15-16(12)6-2/h9,11,14H,5-8H2,1-4H3. The molecule has 0 bridgehead atoms. The summed E-state index contributed by atoms with van der Waals surface area (Å²) in [6, 6.07) is 0.490. The number of nitrogens with zero attached hydrogens (tertiary/aromatic N) is 2. The van der Waals surface area contributed by atoms with Gasteiger partial charge in [-0.3, -0.25) is 4.68 Å². The van der Waals surface area contributed by atoms with Crippen molar-refractivity contribution in [3.8, 4) is 0 Å². The molecular weight excluding hydrogens is 198 g/mol. The fourth-order valence-electron chi connectivity index (χ4n) is 2.80. The highest BCUT2D eigenvalue weighted by Crippen LogP contribution is 2.40. The van der Waals surface area contributed by atoms with Crippen LogP contribution in [0.2, 0.25) is 0 Å². The quantitative estimate of drug-likeness (QED) is 0.850. The van der Waals surface area contributed by atoms with Gasteiger partial charge in [0.25, 0.3) is 0 Å². The Morgan fingerprint density at radius 2 is 2.25 bits per heavy atom. The fourth-order valence-corrected chi connectivity index (χ4v) is 2.80. The first-order valence-electron chi connectivity index (χ1n) is 6.35. The van der Waals surface area contributed by atoms with Gasteiger partial charge >= 0.3 is 0 Å². The third-order valence-corrected chi connectivity index (χ3v) is 3.51. The summed E-state index contributed by atoms with van der Waals surface area (Å²) in [4.78, 5) is 0. The summed E-state index contributed by atoms with van der Waals surface area (Å²) in [5, 5.41) is 8.07. The Labute approximate surface area is 98.2 Å². The van der Waals surface area contributed by atoms with Gasteiger partial charge in [-0.25, -0.2) is 0 Å². The summed E-state index contributed by atoms with van der Waals surface area (Å²) in [7, 11) is 0. The van der Waals surface area contributed by atoms with Crippen LogP contribution in [0.15, 0.2) is 6.20 Å². The molecule has 0 amide bonds. The van der Waals surface area contributed by atoms with Crippen LogP contribution in [0.5, 0.6) is 0 Å².